The Morgan fingerprint density at radius 2 is 1.81 bits per heavy atom. The Bertz CT molecular complexity index is 648. The van der Waals surface area contributed by atoms with Gasteiger partial charge in [-0.1, -0.05) is 20.8 Å². The SMILES string of the molecule is CC(C)C(C)C[C@H](NC(=O)ON1CCOCC1)C(=O)NC1C(=O)COC1CN1CCCC1. The number of amides is 2. The number of rotatable bonds is 9. The zero-order valence-electron chi connectivity index (χ0n) is 19.5. The highest BCUT2D eigenvalue weighted by Crippen LogP contribution is 2.19. The number of Topliss-reactive ketones (excluding diaryl/α,β-unsaturated/α-hetero) is 1. The van der Waals surface area contributed by atoms with Crippen molar-refractivity contribution in [1.29, 1.82) is 0 Å². The topological polar surface area (TPSA) is 109 Å². The lowest BCUT2D eigenvalue weighted by Crippen LogP contribution is -2.55. The van der Waals surface area contributed by atoms with Gasteiger partial charge >= 0.3 is 6.09 Å². The molecule has 0 aromatic heterocycles. The van der Waals surface area contributed by atoms with E-state index in [0.29, 0.717) is 45.2 Å². The van der Waals surface area contributed by atoms with Gasteiger partial charge in [0.15, 0.2) is 5.78 Å². The number of hydrogen-bond donors (Lipinski definition) is 2. The standard InChI is InChI=1S/C22H38N4O6/c1-15(2)16(3)12-17(23-22(29)32-26-8-10-30-11-9-26)21(28)24-20-18(27)14-31-19(20)13-25-6-4-5-7-25/h15-17,19-20H,4-14H2,1-3H3,(H,23,29)(H,24,28)/t16?,17-,19?,20?/m0/s1. The number of likely N-dealkylation sites (tertiary alicyclic amines) is 1. The number of nitrogens with one attached hydrogen (secondary N) is 2. The molecule has 3 unspecified atom stereocenters. The lowest BCUT2D eigenvalue weighted by molar-refractivity contribution is -0.147. The molecular weight excluding hydrogens is 416 g/mol. The van der Waals surface area contributed by atoms with Crippen LogP contribution in [0.5, 0.6) is 0 Å². The summed E-state index contributed by atoms with van der Waals surface area (Å²) in [7, 11) is 0. The molecule has 3 saturated heterocycles. The van der Waals surface area contributed by atoms with Crippen molar-refractivity contribution in [3.05, 3.63) is 0 Å². The van der Waals surface area contributed by atoms with Crippen molar-refractivity contribution >= 4 is 17.8 Å². The second kappa shape index (κ2) is 11.9. The highest BCUT2D eigenvalue weighted by Gasteiger charge is 2.40. The molecule has 4 atom stereocenters. The predicted octanol–water partition coefficient (Wildman–Crippen LogP) is 0.559. The van der Waals surface area contributed by atoms with Crippen LogP contribution in [0.3, 0.4) is 0 Å². The van der Waals surface area contributed by atoms with E-state index in [4.69, 9.17) is 14.3 Å². The number of morpholine rings is 1. The zero-order chi connectivity index (χ0) is 23.1. The number of hydroxylamine groups is 2. The lowest BCUT2D eigenvalue weighted by Gasteiger charge is -2.29. The van der Waals surface area contributed by atoms with E-state index in [0.717, 1.165) is 25.9 Å². The van der Waals surface area contributed by atoms with Gasteiger partial charge < -0.3 is 29.8 Å². The number of hydrogen-bond acceptors (Lipinski definition) is 8. The maximum Gasteiger partial charge on any atom is 0.426 e. The number of carbonyl (C=O) groups excluding carboxylic acids is 3. The van der Waals surface area contributed by atoms with E-state index in [1.807, 2.05) is 6.92 Å². The number of ketones is 1. The van der Waals surface area contributed by atoms with Crippen molar-refractivity contribution in [1.82, 2.24) is 20.6 Å². The Hall–Kier alpha value is -1.75. The van der Waals surface area contributed by atoms with E-state index in [1.54, 1.807) is 0 Å². The van der Waals surface area contributed by atoms with Gasteiger partial charge in [0, 0.05) is 6.54 Å². The molecule has 3 heterocycles. The molecule has 2 N–H and O–H groups in total. The molecule has 10 nitrogen and oxygen atoms in total. The van der Waals surface area contributed by atoms with Crippen molar-refractivity contribution < 1.29 is 28.7 Å². The van der Waals surface area contributed by atoms with Gasteiger partial charge in [0.25, 0.3) is 0 Å². The van der Waals surface area contributed by atoms with Crippen LogP contribution in [-0.4, -0.2) is 98.5 Å². The minimum Gasteiger partial charge on any atom is -0.379 e. The fraction of sp³-hybridized carbons (Fsp3) is 0.864. The molecule has 0 spiro atoms. The quantitative estimate of drug-likeness (QED) is 0.520. The second-order valence-electron chi connectivity index (χ2n) is 9.38. The predicted molar refractivity (Wildman–Crippen MR) is 117 cm³/mol. The summed E-state index contributed by atoms with van der Waals surface area (Å²) in [6.45, 7) is 10.7. The molecule has 2 amide bonds. The largest absolute Gasteiger partial charge is 0.426 e. The highest BCUT2D eigenvalue weighted by atomic mass is 16.7. The fourth-order valence-corrected chi connectivity index (χ4v) is 4.19. The van der Waals surface area contributed by atoms with Gasteiger partial charge in [0.1, 0.15) is 18.7 Å². The maximum absolute atomic E-state index is 13.2. The van der Waals surface area contributed by atoms with Crippen molar-refractivity contribution in [3.8, 4) is 0 Å². The zero-order valence-corrected chi connectivity index (χ0v) is 19.5. The summed E-state index contributed by atoms with van der Waals surface area (Å²) in [6, 6.07) is -1.50. The van der Waals surface area contributed by atoms with Gasteiger partial charge in [-0.05, 0) is 44.2 Å². The van der Waals surface area contributed by atoms with Crippen molar-refractivity contribution in [2.45, 2.75) is 58.2 Å². The molecule has 3 fully saturated rings. The summed E-state index contributed by atoms with van der Waals surface area (Å²) in [5.41, 5.74) is 0. The van der Waals surface area contributed by atoms with Gasteiger partial charge in [-0.25, -0.2) is 4.79 Å². The third kappa shape index (κ3) is 7.13. The molecule has 0 saturated carbocycles. The summed E-state index contributed by atoms with van der Waals surface area (Å²) < 4.78 is 10.9. The fourth-order valence-electron chi connectivity index (χ4n) is 4.19. The van der Waals surface area contributed by atoms with E-state index in [-0.39, 0.29) is 30.3 Å². The average molecular weight is 455 g/mol. The number of carbonyl (C=O) groups is 3. The van der Waals surface area contributed by atoms with Crippen LogP contribution in [0.1, 0.15) is 40.0 Å². The van der Waals surface area contributed by atoms with Crippen LogP contribution in [-0.2, 0) is 23.9 Å². The molecule has 0 aromatic rings. The Balaban J connectivity index is 1.60. The highest BCUT2D eigenvalue weighted by molar-refractivity contribution is 5.94. The Morgan fingerprint density at radius 1 is 1.12 bits per heavy atom. The van der Waals surface area contributed by atoms with Crippen molar-refractivity contribution in [3.63, 3.8) is 0 Å². The lowest BCUT2D eigenvalue weighted by atomic mass is 9.90. The first kappa shape index (κ1) is 24.9. The van der Waals surface area contributed by atoms with Crippen LogP contribution in [0, 0.1) is 11.8 Å². The normalized spacial score (nSPS) is 26.8. The molecule has 32 heavy (non-hydrogen) atoms. The molecule has 3 aliphatic rings. The summed E-state index contributed by atoms with van der Waals surface area (Å²) in [5, 5.41) is 7.10. The molecular formula is C22H38N4O6. The van der Waals surface area contributed by atoms with Crippen LogP contribution < -0.4 is 10.6 Å². The van der Waals surface area contributed by atoms with Crippen LogP contribution >= 0.6 is 0 Å². The molecule has 10 heteroatoms. The number of ether oxygens (including phenoxy) is 2. The van der Waals surface area contributed by atoms with Gasteiger partial charge in [-0.15, -0.1) is 5.06 Å². The summed E-state index contributed by atoms with van der Waals surface area (Å²) >= 11 is 0. The third-order valence-corrected chi connectivity index (χ3v) is 6.63. The smallest absolute Gasteiger partial charge is 0.379 e. The molecule has 0 bridgehead atoms. The summed E-state index contributed by atoms with van der Waals surface area (Å²) in [5.74, 6) is 0.00730. The minimum absolute atomic E-state index is 0.00299. The van der Waals surface area contributed by atoms with Gasteiger partial charge in [0.2, 0.25) is 5.91 Å². The molecule has 0 aliphatic carbocycles. The molecule has 3 rings (SSSR count). The van der Waals surface area contributed by atoms with Gasteiger partial charge in [0.05, 0.1) is 32.4 Å². The molecule has 0 radical (unpaired) electrons. The van der Waals surface area contributed by atoms with Crippen LogP contribution in [0.4, 0.5) is 4.79 Å². The Kier molecular flexibility index (Phi) is 9.27. The maximum atomic E-state index is 13.2. The first-order valence-electron chi connectivity index (χ1n) is 11.8. The van der Waals surface area contributed by atoms with E-state index in [9.17, 15) is 14.4 Å². The third-order valence-electron chi connectivity index (χ3n) is 6.63. The summed E-state index contributed by atoms with van der Waals surface area (Å²) in [4.78, 5) is 45.7. The summed E-state index contributed by atoms with van der Waals surface area (Å²) in [6.07, 6.45) is 1.68. The first-order chi connectivity index (χ1) is 15.3. The van der Waals surface area contributed by atoms with Crippen LogP contribution in [0.25, 0.3) is 0 Å². The van der Waals surface area contributed by atoms with E-state index in [1.165, 1.54) is 5.06 Å². The van der Waals surface area contributed by atoms with Crippen molar-refractivity contribution in [2.24, 2.45) is 11.8 Å². The molecule has 0 aromatic carbocycles. The minimum atomic E-state index is -0.804. The van der Waals surface area contributed by atoms with Crippen molar-refractivity contribution in [2.75, 3.05) is 52.5 Å². The van der Waals surface area contributed by atoms with Crippen LogP contribution in [0.15, 0.2) is 0 Å². The Labute approximate surface area is 190 Å². The molecule has 3 aliphatic heterocycles. The first-order valence-corrected chi connectivity index (χ1v) is 11.8. The second-order valence-corrected chi connectivity index (χ2v) is 9.38. The van der Waals surface area contributed by atoms with Gasteiger partial charge in [-0.3, -0.25) is 9.59 Å². The van der Waals surface area contributed by atoms with E-state index < -0.39 is 18.2 Å². The van der Waals surface area contributed by atoms with E-state index >= 15 is 0 Å². The van der Waals surface area contributed by atoms with E-state index in [2.05, 4.69) is 29.4 Å². The Morgan fingerprint density at radius 3 is 2.47 bits per heavy atom. The van der Waals surface area contributed by atoms with Gasteiger partial charge in [-0.2, -0.15) is 0 Å². The molecule has 182 valence electrons. The number of nitrogens with zero attached hydrogens (tertiary/aromatic N) is 2. The van der Waals surface area contributed by atoms with Crippen LogP contribution in [0.2, 0.25) is 0 Å². The monoisotopic (exact) mass is 454 g/mol. The average Bonchev–Trinajstić information content (AvgIpc) is 3.39.